The number of hydrogen-bond donors (Lipinski definition) is 1. The fourth-order valence-corrected chi connectivity index (χ4v) is 2.97. The summed E-state index contributed by atoms with van der Waals surface area (Å²) in [6.07, 6.45) is 1.27. The number of ether oxygens (including phenoxy) is 1. The number of para-hydroxylation sites is 2. The van der Waals surface area contributed by atoms with Gasteiger partial charge in [-0.15, -0.1) is 0 Å². The summed E-state index contributed by atoms with van der Waals surface area (Å²) < 4.78 is 8.67. The molecular weight excluding hydrogens is 322 g/mol. The lowest BCUT2D eigenvalue weighted by Crippen LogP contribution is -2.22. The van der Waals surface area contributed by atoms with Crippen molar-refractivity contribution >= 4 is 17.0 Å². The van der Waals surface area contributed by atoms with Gasteiger partial charge in [0.25, 0.3) is 5.56 Å². The number of aromatic nitrogens is 3. The SMILES string of the molecule is COc1ccccc1-n1c(C)c(C)c2c(=O)n(CCC(=O)O)cnc21. The van der Waals surface area contributed by atoms with Crippen LogP contribution in [-0.4, -0.2) is 32.3 Å². The van der Waals surface area contributed by atoms with Crippen LogP contribution < -0.4 is 10.3 Å². The lowest BCUT2D eigenvalue weighted by molar-refractivity contribution is -0.137. The highest BCUT2D eigenvalue weighted by Crippen LogP contribution is 2.30. The van der Waals surface area contributed by atoms with E-state index in [0.29, 0.717) is 16.8 Å². The Bertz CT molecular complexity index is 1020. The van der Waals surface area contributed by atoms with Gasteiger partial charge >= 0.3 is 5.97 Å². The number of aliphatic carboxylic acids is 1. The van der Waals surface area contributed by atoms with Crippen LogP contribution in [0.25, 0.3) is 16.7 Å². The van der Waals surface area contributed by atoms with Gasteiger partial charge in [-0.25, -0.2) is 4.98 Å². The van der Waals surface area contributed by atoms with E-state index in [1.54, 1.807) is 7.11 Å². The van der Waals surface area contributed by atoms with E-state index in [1.165, 1.54) is 10.9 Å². The van der Waals surface area contributed by atoms with Crippen LogP contribution in [0.4, 0.5) is 0 Å². The molecule has 0 amide bonds. The molecule has 7 heteroatoms. The summed E-state index contributed by atoms with van der Waals surface area (Å²) in [6, 6.07) is 7.53. The minimum atomic E-state index is -0.952. The molecule has 0 saturated heterocycles. The Morgan fingerprint density at radius 2 is 2.00 bits per heavy atom. The second-order valence-corrected chi connectivity index (χ2v) is 5.80. The van der Waals surface area contributed by atoms with Crippen LogP contribution in [0.2, 0.25) is 0 Å². The summed E-state index contributed by atoms with van der Waals surface area (Å²) >= 11 is 0. The van der Waals surface area contributed by atoms with Gasteiger partial charge in [-0.05, 0) is 31.5 Å². The van der Waals surface area contributed by atoms with Gasteiger partial charge in [-0.1, -0.05) is 12.1 Å². The Labute approximate surface area is 144 Å². The fraction of sp³-hybridized carbons (Fsp3) is 0.278. The number of nitrogens with zero attached hydrogens (tertiary/aromatic N) is 3. The van der Waals surface area contributed by atoms with Crippen molar-refractivity contribution in [1.82, 2.24) is 14.1 Å². The summed E-state index contributed by atoms with van der Waals surface area (Å²) in [5.41, 5.74) is 2.82. The normalized spacial score (nSPS) is 11.0. The number of hydrogen-bond acceptors (Lipinski definition) is 4. The summed E-state index contributed by atoms with van der Waals surface area (Å²) in [5, 5.41) is 9.33. The number of aryl methyl sites for hydroxylation is 2. The molecule has 0 aliphatic carbocycles. The minimum absolute atomic E-state index is 0.0927. The molecule has 0 unspecified atom stereocenters. The Morgan fingerprint density at radius 3 is 2.68 bits per heavy atom. The lowest BCUT2D eigenvalue weighted by atomic mass is 10.2. The van der Waals surface area contributed by atoms with Crippen LogP contribution >= 0.6 is 0 Å². The van der Waals surface area contributed by atoms with Crippen LogP contribution in [0, 0.1) is 13.8 Å². The van der Waals surface area contributed by atoms with E-state index >= 15 is 0 Å². The van der Waals surface area contributed by atoms with Crippen LogP contribution in [0.15, 0.2) is 35.4 Å². The van der Waals surface area contributed by atoms with Crippen LogP contribution in [0.3, 0.4) is 0 Å². The molecule has 0 aliphatic heterocycles. The standard InChI is InChI=1S/C18H19N3O4/c1-11-12(2)21(13-6-4-5-7-14(13)25-3)17-16(11)18(24)20(10-19-17)9-8-15(22)23/h4-7,10H,8-9H2,1-3H3,(H,22,23). The van der Waals surface area contributed by atoms with Crippen molar-refractivity contribution in [2.24, 2.45) is 0 Å². The largest absolute Gasteiger partial charge is 0.495 e. The average Bonchev–Trinajstić information content (AvgIpc) is 2.85. The Morgan fingerprint density at radius 1 is 1.28 bits per heavy atom. The summed E-state index contributed by atoms with van der Waals surface area (Å²) in [4.78, 5) is 28.0. The number of carboxylic acid groups (broad SMARTS) is 1. The van der Waals surface area contributed by atoms with Gasteiger partial charge in [0.15, 0.2) is 5.65 Å². The van der Waals surface area contributed by atoms with Crippen molar-refractivity contribution in [2.45, 2.75) is 26.8 Å². The fourth-order valence-electron chi connectivity index (χ4n) is 2.97. The number of benzene rings is 1. The maximum absolute atomic E-state index is 12.8. The molecule has 0 aliphatic rings. The van der Waals surface area contributed by atoms with Gasteiger partial charge in [0.1, 0.15) is 5.75 Å². The van der Waals surface area contributed by atoms with Crippen molar-refractivity contribution in [3.63, 3.8) is 0 Å². The molecule has 0 bridgehead atoms. The van der Waals surface area contributed by atoms with Gasteiger partial charge in [0, 0.05) is 12.2 Å². The Kier molecular flexibility index (Phi) is 4.31. The number of fused-ring (bicyclic) bond motifs is 1. The second-order valence-electron chi connectivity index (χ2n) is 5.80. The molecule has 2 aromatic heterocycles. The van der Waals surface area contributed by atoms with Crippen molar-refractivity contribution in [3.8, 4) is 11.4 Å². The third-order valence-corrected chi connectivity index (χ3v) is 4.38. The maximum Gasteiger partial charge on any atom is 0.305 e. The molecule has 1 aromatic carbocycles. The van der Waals surface area contributed by atoms with Crippen molar-refractivity contribution < 1.29 is 14.6 Å². The highest BCUT2D eigenvalue weighted by molar-refractivity contribution is 5.83. The minimum Gasteiger partial charge on any atom is -0.495 e. The Hall–Kier alpha value is -3.09. The third kappa shape index (κ3) is 2.77. The quantitative estimate of drug-likeness (QED) is 0.769. The molecule has 0 saturated carbocycles. The smallest absolute Gasteiger partial charge is 0.305 e. The van der Waals surface area contributed by atoms with E-state index in [4.69, 9.17) is 9.84 Å². The molecule has 1 N–H and O–H groups in total. The number of methoxy groups -OCH3 is 1. The molecule has 3 aromatic rings. The van der Waals surface area contributed by atoms with Gasteiger partial charge in [-0.2, -0.15) is 0 Å². The van der Waals surface area contributed by atoms with E-state index in [1.807, 2.05) is 42.7 Å². The predicted octanol–water partition coefficient (Wildman–Crippen LogP) is 2.29. The van der Waals surface area contributed by atoms with Gasteiger partial charge in [-0.3, -0.25) is 18.7 Å². The molecule has 0 radical (unpaired) electrons. The highest BCUT2D eigenvalue weighted by atomic mass is 16.5. The maximum atomic E-state index is 12.8. The van der Waals surface area contributed by atoms with E-state index in [0.717, 1.165) is 16.9 Å². The number of carboxylic acids is 1. The van der Waals surface area contributed by atoms with Crippen molar-refractivity contribution in [2.75, 3.05) is 7.11 Å². The zero-order valence-electron chi connectivity index (χ0n) is 14.3. The first-order chi connectivity index (χ1) is 12.0. The predicted molar refractivity (Wildman–Crippen MR) is 93.6 cm³/mol. The van der Waals surface area contributed by atoms with E-state index in [9.17, 15) is 9.59 Å². The van der Waals surface area contributed by atoms with Gasteiger partial charge < -0.3 is 9.84 Å². The van der Waals surface area contributed by atoms with E-state index < -0.39 is 5.97 Å². The molecule has 0 spiro atoms. The zero-order valence-corrected chi connectivity index (χ0v) is 14.3. The summed E-state index contributed by atoms with van der Waals surface area (Å²) in [6.45, 7) is 3.88. The van der Waals surface area contributed by atoms with Crippen LogP contribution in [-0.2, 0) is 11.3 Å². The summed E-state index contributed by atoms with van der Waals surface area (Å²) in [5.74, 6) is -0.272. The lowest BCUT2D eigenvalue weighted by Gasteiger charge is -2.12. The van der Waals surface area contributed by atoms with Crippen LogP contribution in [0.5, 0.6) is 5.75 Å². The molecule has 2 heterocycles. The third-order valence-electron chi connectivity index (χ3n) is 4.38. The molecule has 3 rings (SSSR count). The topological polar surface area (TPSA) is 86.3 Å². The van der Waals surface area contributed by atoms with E-state index in [2.05, 4.69) is 4.98 Å². The first-order valence-electron chi connectivity index (χ1n) is 7.88. The first kappa shape index (κ1) is 16.8. The average molecular weight is 341 g/mol. The first-order valence-corrected chi connectivity index (χ1v) is 7.88. The highest BCUT2D eigenvalue weighted by Gasteiger charge is 2.19. The number of carbonyl (C=O) groups is 1. The second kappa shape index (κ2) is 6.43. The van der Waals surface area contributed by atoms with Crippen molar-refractivity contribution in [3.05, 3.63) is 52.2 Å². The van der Waals surface area contributed by atoms with Crippen LogP contribution in [0.1, 0.15) is 17.7 Å². The molecular formula is C18H19N3O4. The zero-order chi connectivity index (χ0) is 18.1. The molecule has 130 valence electrons. The Balaban J connectivity index is 2.26. The van der Waals surface area contributed by atoms with E-state index in [-0.39, 0.29) is 18.5 Å². The number of rotatable bonds is 5. The summed E-state index contributed by atoms with van der Waals surface area (Å²) in [7, 11) is 1.60. The van der Waals surface area contributed by atoms with Crippen molar-refractivity contribution in [1.29, 1.82) is 0 Å². The van der Waals surface area contributed by atoms with Gasteiger partial charge in [0.05, 0.1) is 30.9 Å². The molecule has 0 fully saturated rings. The van der Waals surface area contributed by atoms with Gasteiger partial charge in [0.2, 0.25) is 0 Å². The molecule has 7 nitrogen and oxygen atoms in total. The monoisotopic (exact) mass is 341 g/mol. The molecule has 25 heavy (non-hydrogen) atoms. The molecule has 0 atom stereocenters.